The van der Waals surface area contributed by atoms with Crippen molar-refractivity contribution in [2.24, 2.45) is 0 Å². The monoisotopic (exact) mass is 153 g/mol. The number of hydrogen-bond acceptors (Lipinski definition) is 2. The lowest BCUT2D eigenvalue weighted by atomic mass is 10.0. The van der Waals surface area contributed by atoms with Crippen LogP contribution < -0.4 is 5.32 Å². The van der Waals surface area contributed by atoms with E-state index in [4.69, 9.17) is 4.74 Å². The molecule has 2 heterocycles. The molecule has 0 saturated carbocycles. The Balaban J connectivity index is 2.02. The second-order valence-corrected chi connectivity index (χ2v) is 3.56. The molecule has 2 unspecified atom stereocenters. The quantitative estimate of drug-likeness (QED) is 0.575. The molecule has 1 N–H and O–H groups in total. The van der Waals surface area contributed by atoms with Crippen LogP contribution in [0.5, 0.6) is 0 Å². The smallest absolute Gasteiger partial charge is 0.0817 e. The first-order chi connectivity index (χ1) is 5.38. The van der Waals surface area contributed by atoms with E-state index in [2.05, 4.69) is 5.32 Å². The first-order valence-electron chi connectivity index (χ1n) is 4.35. The summed E-state index contributed by atoms with van der Waals surface area (Å²) < 4.78 is 5.02. The average Bonchev–Trinajstić information content (AvgIpc) is 2.32. The van der Waals surface area contributed by atoms with Crippen LogP contribution in [0, 0.1) is 0 Å². The molecule has 2 bridgehead atoms. The molecule has 2 nitrogen and oxygen atoms in total. The minimum Gasteiger partial charge on any atom is -0.504 e. The molecular weight excluding hydrogens is 138 g/mol. The van der Waals surface area contributed by atoms with Gasteiger partial charge in [-0.15, -0.1) is 0 Å². The minimum atomic E-state index is 0.746. The maximum Gasteiger partial charge on any atom is 0.0817 e. The van der Waals surface area contributed by atoms with E-state index in [-0.39, 0.29) is 0 Å². The zero-order chi connectivity index (χ0) is 7.68. The zero-order valence-corrected chi connectivity index (χ0v) is 6.97. The first kappa shape index (κ1) is 7.17. The molecule has 62 valence electrons. The van der Waals surface area contributed by atoms with Gasteiger partial charge in [-0.3, -0.25) is 0 Å². The molecular formula is C9H15NO. The van der Waals surface area contributed by atoms with E-state index >= 15 is 0 Å². The fraction of sp³-hybridized carbons (Fsp3) is 0.778. The van der Waals surface area contributed by atoms with Crippen LogP contribution in [-0.4, -0.2) is 19.2 Å². The Kier molecular flexibility index (Phi) is 1.86. The average molecular weight is 153 g/mol. The van der Waals surface area contributed by atoms with Crippen LogP contribution in [0.1, 0.15) is 25.7 Å². The number of hydrogen-bond donors (Lipinski definition) is 1. The Labute approximate surface area is 67.6 Å². The molecule has 2 rings (SSSR count). The molecule has 2 saturated heterocycles. The molecule has 2 fully saturated rings. The van der Waals surface area contributed by atoms with E-state index in [9.17, 15) is 0 Å². The lowest BCUT2D eigenvalue weighted by Crippen LogP contribution is -2.34. The second-order valence-electron chi connectivity index (χ2n) is 3.56. The number of fused-ring (bicyclic) bond motifs is 2. The van der Waals surface area contributed by atoms with Crippen LogP contribution >= 0.6 is 0 Å². The zero-order valence-electron chi connectivity index (χ0n) is 6.97. The van der Waals surface area contributed by atoms with Gasteiger partial charge in [0, 0.05) is 12.1 Å². The van der Waals surface area contributed by atoms with Crippen LogP contribution in [0.15, 0.2) is 11.8 Å². The summed E-state index contributed by atoms with van der Waals surface area (Å²) in [6.45, 7) is 0. The van der Waals surface area contributed by atoms with Gasteiger partial charge >= 0.3 is 0 Å². The minimum absolute atomic E-state index is 0.746. The normalized spacial score (nSPS) is 35.5. The van der Waals surface area contributed by atoms with Gasteiger partial charge in [-0.25, -0.2) is 0 Å². The van der Waals surface area contributed by atoms with E-state index in [1.54, 1.807) is 7.11 Å². The molecule has 0 radical (unpaired) electrons. The van der Waals surface area contributed by atoms with Crippen molar-refractivity contribution in [3.05, 3.63) is 11.8 Å². The fourth-order valence-electron chi connectivity index (χ4n) is 2.20. The molecule has 2 atom stereocenters. The first-order valence-corrected chi connectivity index (χ1v) is 4.35. The van der Waals surface area contributed by atoms with Crippen LogP contribution in [0.25, 0.3) is 0 Å². The molecule has 0 aromatic heterocycles. The SMILES string of the molecule is COC=C1CC2CCC(C1)N2. The topological polar surface area (TPSA) is 21.3 Å². The van der Waals surface area contributed by atoms with Crippen molar-refractivity contribution >= 4 is 0 Å². The predicted molar refractivity (Wildman–Crippen MR) is 44.3 cm³/mol. The Morgan fingerprint density at radius 1 is 1.36 bits per heavy atom. The van der Waals surface area contributed by atoms with Crippen LogP contribution in [0.2, 0.25) is 0 Å². The molecule has 0 aromatic rings. The van der Waals surface area contributed by atoms with Gasteiger partial charge < -0.3 is 10.1 Å². The van der Waals surface area contributed by atoms with E-state index < -0.39 is 0 Å². The molecule has 0 amide bonds. The summed E-state index contributed by atoms with van der Waals surface area (Å²) in [4.78, 5) is 0. The molecule has 2 aliphatic heterocycles. The van der Waals surface area contributed by atoms with Gasteiger partial charge in [0.05, 0.1) is 13.4 Å². The number of methoxy groups -OCH3 is 1. The van der Waals surface area contributed by atoms with Gasteiger partial charge in [-0.05, 0) is 31.3 Å². The van der Waals surface area contributed by atoms with Crippen molar-refractivity contribution < 1.29 is 4.74 Å². The van der Waals surface area contributed by atoms with Crippen molar-refractivity contribution in [3.8, 4) is 0 Å². The lowest BCUT2D eigenvalue weighted by Gasteiger charge is -2.22. The van der Waals surface area contributed by atoms with Crippen LogP contribution in [0.4, 0.5) is 0 Å². The van der Waals surface area contributed by atoms with Gasteiger partial charge in [0.2, 0.25) is 0 Å². The van der Waals surface area contributed by atoms with Gasteiger partial charge in [0.1, 0.15) is 0 Å². The third-order valence-corrected chi connectivity index (χ3v) is 2.64. The summed E-state index contributed by atoms with van der Waals surface area (Å²) >= 11 is 0. The van der Waals surface area contributed by atoms with Gasteiger partial charge in [-0.1, -0.05) is 0 Å². The highest BCUT2D eigenvalue weighted by atomic mass is 16.5. The largest absolute Gasteiger partial charge is 0.504 e. The van der Waals surface area contributed by atoms with Crippen molar-refractivity contribution in [1.29, 1.82) is 0 Å². The van der Waals surface area contributed by atoms with E-state index in [0.29, 0.717) is 0 Å². The fourth-order valence-corrected chi connectivity index (χ4v) is 2.20. The van der Waals surface area contributed by atoms with Crippen molar-refractivity contribution in [2.45, 2.75) is 37.8 Å². The highest BCUT2D eigenvalue weighted by Gasteiger charge is 2.30. The highest BCUT2D eigenvalue weighted by molar-refractivity contribution is 5.11. The molecule has 0 aromatic carbocycles. The van der Waals surface area contributed by atoms with Gasteiger partial charge in [0.25, 0.3) is 0 Å². The van der Waals surface area contributed by atoms with Crippen LogP contribution in [0.3, 0.4) is 0 Å². The van der Waals surface area contributed by atoms with Crippen molar-refractivity contribution in [1.82, 2.24) is 5.32 Å². The lowest BCUT2D eigenvalue weighted by molar-refractivity contribution is 0.324. The molecule has 0 spiro atoms. The summed E-state index contributed by atoms with van der Waals surface area (Å²) in [6.07, 6.45) is 7.03. The Bertz CT molecular complexity index is 162. The summed E-state index contributed by atoms with van der Waals surface area (Å²) in [6, 6.07) is 1.49. The standard InChI is InChI=1S/C9H15NO/c1-11-6-7-4-8-2-3-9(5-7)10-8/h6,8-10H,2-5H2,1H3. The number of ether oxygens (including phenoxy) is 1. The number of piperidine rings is 1. The molecule has 0 aliphatic carbocycles. The summed E-state index contributed by atoms with van der Waals surface area (Å²) in [5.41, 5.74) is 1.48. The van der Waals surface area contributed by atoms with Crippen LogP contribution in [-0.2, 0) is 4.74 Å². The third kappa shape index (κ3) is 1.41. The van der Waals surface area contributed by atoms with Gasteiger partial charge in [-0.2, -0.15) is 0 Å². The summed E-state index contributed by atoms with van der Waals surface area (Å²) in [5, 5.41) is 3.58. The van der Waals surface area contributed by atoms with E-state index in [1.807, 2.05) is 6.26 Å². The Morgan fingerprint density at radius 2 is 2.00 bits per heavy atom. The molecule has 2 aliphatic rings. The highest BCUT2D eigenvalue weighted by Crippen LogP contribution is 2.29. The number of nitrogens with one attached hydrogen (secondary N) is 1. The maximum absolute atomic E-state index is 5.02. The Hall–Kier alpha value is -0.500. The second kappa shape index (κ2) is 2.86. The van der Waals surface area contributed by atoms with E-state index in [1.165, 1.54) is 31.3 Å². The molecule has 11 heavy (non-hydrogen) atoms. The summed E-state index contributed by atoms with van der Waals surface area (Å²) in [7, 11) is 1.73. The molecule has 2 heteroatoms. The van der Waals surface area contributed by atoms with Crippen molar-refractivity contribution in [3.63, 3.8) is 0 Å². The third-order valence-electron chi connectivity index (χ3n) is 2.64. The maximum atomic E-state index is 5.02. The predicted octanol–water partition coefficient (Wildman–Crippen LogP) is 1.43. The van der Waals surface area contributed by atoms with E-state index in [0.717, 1.165) is 12.1 Å². The Morgan fingerprint density at radius 3 is 2.55 bits per heavy atom. The summed E-state index contributed by atoms with van der Waals surface area (Å²) in [5.74, 6) is 0. The van der Waals surface area contributed by atoms with Crippen molar-refractivity contribution in [2.75, 3.05) is 7.11 Å². The van der Waals surface area contributed by atoms with Gasteiger partial charge in [0.15, 0.2) is 0 Å². The number of rotatable bonds is 1.